The molecule has 0 spiro atoms. The van der Waals surface area contributed by atoms with Crippen molar-refractivity contribution in [1.82, 2.24) is 0 Å². The monoisotopic (exact) mass is 416 g/mol. The van der Waals surface area contributed by atoms with E-state index in [9.17, 15) is 14.4 Å². The van der Waals surface area contributed by atoms with Crippen molar-refractivity contribution >= 4 is 22.9 Å². The highest BCUT2D eigenvalue weighted by Crippen LogP contribution is 2.38. The van der Waals surface area contributed by atoms with E-state index < -0.39 is 11.6 Å². The zero-order valence-electron chi connectivity index (χ0n) is 18.9. The lowest BCUT2D eigenvalue weighted by Crippen LogP contribution is -2.23. The molecule has 1 aromatic carbocycles. The minimum absolute atomic E-state index is 0.0665. The molecule has 4 rings (SSSR count). The number of hydrogen-bond donors (Lipinski definition) is 0. The maximum atomic E-state index is 13.2. The van der Waals surface area contributed by atoms with Crippen LogP contribution >= 0.6 is 0 Å². The summed E-state index contributed by atoms with van der Waals surface area (Å²) in [6, 6.07) is 5.73. The highest BCUT2D eigenvalue weighted by molar-refractivity contribution is 6.54. The van der Waals surface area contributed by atoms with Crippen LogP contribution < -0.4 is 0 Å². The summed E-state index contributed by atoms with van der Waals surface area (Å²) in [6.45, 7) is 5.37. The first kappa shape index (κ1) is 21.7. The van der Waals surface area contributed by atoms with Gasteiger partial charge >= 0.3 is 0 Å². The maximum Gasteiger partial charge on any atom is 0.228 e. The van der Waals surface area contributed by atoms with Crippen molar-refractivity contribution < 1.29 is 14.4 Å². The van der Waals surface area contributed by atoms with Gasteiger partial charge in [0, 0.05) is 24.0 Å². The molecule has 0 saturated heterocycles. The predicted octanol–water partition coefficient (Wildman–Crippen LogP) is 6.08. The van der Waals surface area contributed by atoms with Crippen LogP contribution in [0.15, 0.2) is 47.6 Å². The molecule has 3 aliphatic rings. The van der Waals surface area contributed by atoms with Crippen LogP contribution in [-0.2, 0) is 16.0 Å². The fourth-order valence-electron chi connectivity index (χ4n) is 5.48. The van der Waals surface area contributed by atoms with E-state index in [2.05, 4.69) is 25.2 Å². The third-order valence-corrected chi connectivity index (χ3v) is 7.32. The van der Waals surface area contributed by atoms with Gasteiger partial charge in [0.1, 0.15) is 0 Å². The van der Waals surface area contributed by atoms with Gasteiger partial charge in [-0.15, -0.1) is 0 Å². The van der Waals surface area contributed by atoms with Crippen LogP contribution in [0.5, 0.6) is 0 Å². The summed E-state index contributed by atoms with van der Waals surface area (Å²) < 4.78 is 0. The first-order chi connectivity index (χ1) is 14.8. The number of allylic oxidation sites excluding steroid dienone is 6. The van der Waals surface area contributed by atoms with Gasteiger partial charge in [-0.1, -0.05) is 41.5 Å². The summed E-state index contributed by atoms with van der Waals surface area (Å²) >= 11 is 0. The highest BCUT2D eigenvalue weighted by atomic mass is 16.2. The average molecular weight is 417 g/mol. The second kappa shape index (κ2) is 8.90. The summed E-state index contributed by atoms with van der Waals surface area (Å²) in [5.41, 5.74) is 5.28. The van der Waals surface area contributed by atoms with Gasteiger partial charge < -0.3 is 0 Å². The molecule has 3 heteroatoms. The van der Waals surface area contributed by atoms with E-state index >= 15 is 0 Å². The molecule has 3 nitrogen and oxygen atoms in total. The van der Waals surface area contributed by atoms with Crippen LogP contribution in [0, 0.1) is 17.8 Å². The third kappa shape index (κ3) is 4.56. The molecule has 0 heterocycles. The number of hydrogen-bond acceptors (Lipinski definition) is 3. The highest BCUT2D eigenvalue weighted by Gasteiger charge is 2.31. The summed E-state index contributed by atoms with van der Waals surface area (Å²) in [5.74, 6) is 0.716. The number of carbonyl (C=O) groups excluding carboxylic acids is 3. The molecule has 1 fully saturated rings. The minimum atomic E-state index is -0.448. The number of rotatable bonds is 6. The first-order valence-corrected chi connectivity index (χ1v) is 11.6. The van der Waals surface area contributed by atoms with Crippen LogP contribution in [0.4, 0.5) is 0 Å². The van der Waals surface area contributed by atoms with Crippen molar-refractivity contribution in [3.05, 3.63) is 64.3 Å². The fourth-order valence-corrected chi connectivity index (χ4v) is 5.48. The van der Waals surface area contributed by atoms with Crippen LogP contribution in [-0.4, -0.2) is 17.3 Å². The Bertz CT molecular complexity index is 1010. The first-order valence-electron chi connectivity index (χ1n) is 11.6. The molecule has 0 N–H and O–H groups in total. The third-order valence-electron chi connectivity index (χ3n) is 7.32. The lowest BCUT2D eigenvalue weighted by atomic mass is 9.74. The van der Waals surface area contributed by atoms with Crippen molar-refractivity contribution in [2.75, 3.05) is 0 Å². The van der Waals surface area contributed by atoms with E-state index in [4.69, 9.17) is 0 Å². The molecule has 1 saturated carbocycles. The van der Waals surface area contributed by atoms with E-state index in [1.165, 1.54) is 18.9 Å². The topological polar surface area (TPSA) is 51.2 Å². The average Bonchev–Trinajstić information content (AvgIpc) is 3.09. The Labute approximate surface area is 185 Å². The van der Waals surface area contributed by atoms with Crippen molar-refractivity contribution in [3.63, 3.8) is 0 Å². The molecule has 0 aromatic heterocycles. The quantitative estimate of drug-likeness (QED) is 0.417. The van der Waals surface area contributed by atoms with Gasteiger partial charge in [0.25, 0.3) is 0 Å². The Morgan fingerprint density at radius 1 is 1.03 bits per heavy atom. The summed E-state index contributed by atoms with van der Waals surface area (Å²) in [7, 11) is 0. The van der Waals surface area contributed by atoms with Gasteiger partial charge in [0.15, 0.2) is 11.6 Å². The van der Waals surface area contributed by atoms with Gasteiger partial charge in [-0.2, -0.15) is 0 Å². The molecular weight excluding hydrogens is 384 g/mol. The van der Waals surface area contributed by atoms with Crippen molar-refractivity contribution in [1.29, 1.82) is 0 Å². The largest absolute Gasteiger partial charge is 0.294 e. The molecule has 162 valence electrons. The van der Waals surface area contributed by atoms with E-state index in [0.717, 1.165) is 48.8 Å². The molecule has 0 bridgehead atoms. The predicted molar refractivity (Wildman–Crippen MR) is 124 cm³/mol. The number of ketones is 3. The van der Waals surface area contributed by atoms with Crippen molar-refractivity contribution in [3.8, 4) is 0 Å². The zero-order valence-corrected chi connectivity index (χ0v) is 18.9. The Hall–Kier alpha value is -2.55. The lowest BCUT2D eigenvalue weighted by molar-refractivity contribution is -0.131. The molecule has 1 unspecified atom stereocenters. The number of Topliss-reactive ketones (excluding diaryl/α,β-unsaturated/α-hetero) is 3. The Morgan fingerprint density at radius 3 is 2.42 bits per heavy atom. The van der Waals surface area contributed by atoms with Gasteiger partial charge in [-0.3, -0.25) is 14.4 Å². The summed E-state index contributed by atoms with van der Waals surface area (Å²) in [5, 5.41) is 0. The SMILES string of the molecule is CC(=O)C(=O)C1=C(C)Cc2ccc(C(=O)C3CCC(CC4C=CC(C)=CC4)CC3)cc21. The number of fused-ring (bicyclic) bond motifs is 1. The number of carbonyl (C=O) groups is 3. The molecule has 0 amide bonds. The molecule has 0 radical (unpaired) electrons. The normalized spacial score (nSPS) is 25.3. The summed E-state index contributed by atoms with van der Waals surface area (Å²) in [4.78, 5) is 37.3. The van der Waals surface area contributed by atoms with Gasteiger partial charge in [0.2, 0.25) is 5.78 Å². The van der Waals surface area contributed by atoms with E-state index in [1.807, 2.05) is 25.1 Å². The Morgan fingerprint density at radius 2 is 1.77 bits per heavy atom. The standard InChI is InChI=1S/C28H32O3/c1-17-4-6-20(7-5-17)15-21-8-10-22(11-9-21)28(31)24-13-12-23-14-18(2)26(25(23)16-24)27(30)19(3)29/h4-6,12-13,16,20-22H,7-11,14-15H2,1-3H3. The Balaban J connectivity index is 1.41. The lowest BCUT2D eigenvalue weighted by Gasteiger charge is -2.30. The van der Waals surface area contributed by atoms with Gasteiger partial charge in [-0.05, 0) is 87.8 Å². The molecular formula is C28H32O3. The second-order valence-corrected chi connectivity index (χ2v) is 9.71. The van der Waals surface area contributed by atoms with Crippen LogP contribution in [0.25, 0.3) is 5.57 Å². The smallest absolute Gasteiger partial charge is 0.228 e. The number of benzene rings is 1. The van der Waals surface area contributed by atoms with Gasteiger partial charge in [-0.25, -0.2) is 0 Å². The van der Waals surface area contributed by atoms with E-state index in [-0.39, 0.29) is 11.7 Å². The molecule has 3 aliphatic carbocycles. The van der Waals surface area contributed by atoms with Crippen molar-refractivity contribution in [2.24, 2.45) is 17.8 Å². The molecule has 1 aromatic rings. The van der Waals surface area contributed by atoms with Crippen LogP contribution in [0.1, 0.15) is 80.8 Å². The zero-order chi connectivity index (χ0) is 22.1. The Kier molecular flexibility index (Phi) is 6.22. The summed E-state index contributed by atoms with van der Waals surface area (Å²) in [6.07, 6.45) is 14.1. The van der Waals surface area contributed by atoms with Gasteiger partial charge in [0.05, 0.1) is 0 Å². The fraction of sp³-hybridized carbons (Fsp3) is 0.464. The van der Waals surface area contributed by atoms with Crippen molar-refractivity contribution in [2.45, 2.75) is 65.7 Å². The van der Waals surface area contributed by atoms with E-state index in [1.54, 1.807) is 0 Å². The van der Waals surface area contributed by atoms with Crippen LogP contribution in [0.3, 0.4) is 0 Å². The second-order valence-electron chi connectivity index (χ2n) is 9.71. The molecule has 0 aliphatic heterocycles. The minimum Gasteiger partial charge on any atom is -0.294 e. The van der Waals surface area contributed by atoms with E-state index in [0.29, 0.717) is 29.4 Å². The van der Waals surface area contributed by atoms with Crippen LogP contribution in [0.2, 0.25) is 0 Å². The molecule has 31 heavy (non-hydrogen) atoms. The molecule has 1 atom stereocenters. The maximum absolute atomic E-state index is 13.2.